The van der Waals surface area contributed by atoms with Crippen molar-refractivity contribution in [2.45, 2.75) is 6.92 Å². The van der Waals surface area contributed by atoms with Gasteiger partial charge in [0.1, 0.15) is 29.3 Å². The number of carbonyl (C=O) groups excluding carboxylic acids is 1. The molecule has 0 spiro atoms. The Hall–Kier alpha value is -2.68. The van der Waals surface area contributed by atoms with Crippen LogP contribution >= 0.6 is 0 Å². The Labute approximate surface area is 158 Å². The standard InChI is InChI=1S/C18H25N7O2/c1-14-15(12-21-27-14)18(26)25-9-7-24(8-10-25)17-11-16(19-13-20-17)23-5-3-22(2)4-6-23/h11-13H,3-10H2,1-2H3. The van der Waals surface area contributed by atoms with E-state index in [0.29, 0.717) is 24.4 Å². The third kappa shape index (κ3) is 3.73. The van der Waals surface area contributed by atoms with Crippen molar-refractivity contribution < 1.29 is 9.32 Å². The number of aromatic nitrogens is 3. The summed E-state index contributed by atoms with van der Waals surface area (Å²) in [6, 6.07) is 2.06. The number of hydrogen-bond donors (Lipinski definition) is 0. The van der Waals surface area contributed by atoms with Crippen LogP contribution in [0.15, 0.2) is 23.1 Å². The van der Waals surface area contributed by atoms with E-state index in [1.54, 1.807) is 13.3 Å². The number of nitrogens with zero attached hydrogens (tertiary/aromatic N) is 7. The minimum Gasteiger partial charge on any atom is -0.361 e. The van der Waals surface area contributed by atoms with Crippen LogP contribution in [0.1, 0.15) is 16.1 Å². The number of anilines is 2. The molecule has 0 atom stereocenters. The van der Waals surface area contributed by atoms with Crippen LogP contribution in [0.25, 0.3) is 0 Å². The summed E-state index contributed by atoms with van der Waals surface area (Å²) in [5, 5.41) is 3.70. The Morgan fingerprint density at radius 2 is 1.56 bits per heavy atom. The average Bonchev–Trinajstić information content (AvgIpc) is 3.14. The van der Waals surface area contributed by atoms with Crippen LogP contribution in [-0.2, 0) is 0 Å². The van der Waals surface area contributed by atoms with Crippen LogP contribution in [0, 0.1) is 6.92 Å². The molecule has 0 aliphatic carbocycles. The van der Waals surface area contributed by atoms with E-state index < -0.39 is 0 Å². The first-order chi connectivity index (χ1) is 13.1. The molecule has 1 amide bonds. The molecule has 2 aliphatic rings. The van der Waals surface area contributed by atoms with Crippen LogP contribution in [0.2, 0.25) is 0 Å². The number of rotatable bonds is 3. The molecule has 0 aromatic carbocycles. The van der Waals surface area contributed by atoms with Crippen molar-refractivity contribution in [2.75, 3.05) is 69.2 Å². The van der Waals surface area contributed by atoms with Crippen LogP contribution in [0.5, 0.6) is 0 Å². The monoisotopic (exact) mass is 371 g/mol. The van der Waals surface area contributed by atoms with E-state index >= 15 is 0 Å². The SMILES string of the molecule is Cc1oncc1C(=O)N1CCN(c2cc(N3CCN(C)CC3)ncn2)CC1. The second-order valence-corrected chi connectivity index (χ2v) is 7.10. The minimum atomic E-state index is -0.0192. The molecule has 144 valence electrons. The summed E-state index contributed by atoms with van der Waals surface area (Å²) in [6.45, 7) is 8.60. The zero-order chi connectivity index (χ0) is 18.8. The fourth-order valence-corrected chi connectivity index (χ4v) is 3.53. The number of aryl methyl sites for hydroxylation is 1. The van der Waals surface area contributed by atoms with Crippen molar-refractivity contribution in [1.82, 2.24) is 24.9 Å². The lowest BCUT2D eigenvalue weighted by atomic mass is 10.2. The van der Waals surface area contributed by atoms with E-state index in [0.717, 1.165) is 50.9 Å². The van der Waals surface area contributed by atoms with Gasteiger partial charge in [-0.3, -0.25) is 4.79 Å². The Bertz CT molecular complexity index is 793. The minimum absolute atomic E-state index is 0.0192. The highest BCUT2D eigenvalue weighted by Gasteiger charge is 2.26. The number of piperazine rings is 2. The van der Waals surface area contributed by atoms with E-state index in [9.17, 15) is 4.79 Å². The van der Waals surface area contributed by atoms with E-state index in [2.05, 4.69) is 42.9 Å². The smallest absolute Gasteiger partial charge is 0.259 e. The number of likely N-dealkylation sites (N-methyl/N-ethyl adjacent to an activating group) is 1. The molecule has 2 saturated heterocycles. The summed E-state index contributed by atoms with van der Waals surface area (Å²) < 4.78 is 5.01. The largest absolute Gasteiger partial charge is 0.361 e. The van der Waals surface area contributed by atoms with Crippen molar-refractivity contribution in [3.8, 4) is 0 Å². The van der Waals surface area contributed by atoms with Gasteiger partial charge in [-0.05, 0) is 14.0 Å². The third-order valence-corrected chi connectivity index (χ3v) is 5.34. The zero-order valence-electron chi connectivity index (χ0n) is 15.8. The summed E-state index contributed by atoms with van der Waals surface area (Å²) in [5.41, 5.74) is 0.544. The highest BCUT2D eigenvalue weighted by molar-refractivity contribution is 5.94. The van der Waals surface area contributed by atoms with Crippen molar-refractivity contribution in [3.05, 3.63) is 29.9 Å². The quantitative estimate of drug-likeness (QED) is 0.771. The first-order valence-electron chi connectivity index (χ1n) is 9.33. The molecule has 2 aromatic heterocycles. The molecule has 0 N–H and O–H groups in total. The number of hydrogen-bond acceptors (Lipinski definition) is 8. The van der Waals surface area contributed by atoms with Gasteiger partial charge in [0.05, 0.1) is 6.20 Å². The van der Waals surface area contributed by atoms with E-state index in [1.165, 1.54) is 6.20 Å². The van der Waals surface area contributed by atoms with Gasteiger partial charge in [-0.1, -0.05) is 5.16 Å². The molecule has 2 aliphatic heterocycles. The molecular weight excluding hydrogens is 346 g/mol. The highest BCUT2D eigenvalue weighted by atomic mass is 16.5. The highest BCUT2D eigenvalue weighted by Crippen LogP contribution is 2.21. The van der Waals surface area contributed by atoms with Gasteiger partial charge in [-0.15, -0.1) is 0 Å². The second kappa shape index (κ2) is 7.51. The Morgan fingerprint density at radius 1 is 0.963 bits per heavy atom. The molecule has 9 nitrogen and oxygen atoms in total. The predicted octanol–water partition coefficient (Wildman–Crippen LogP) is 0.487. The fraction of sp³-hybridized carbons (Fsp3) is 0.556. The molecule has 27 heavy (non-hydrogen) atoms. The normalized spacial score (nSPS) is 18.8. The lowest BCUT2D eigenvalue weighted by Gasteiger charge is -2.36. The van der Waals surface area contributed by atoms with Gasteiger partial charge in [0, 0.05) is 58.4 Å². The second-order valence-electron chi connectivity index (χ2n) is 7.10. The number of amides is 1. The molecule has 0 bridgehead atoms. The maximum Gasteiger partial charge on any atom is 0.259 e. The molecule has 4 heterocycles. The average molecular weight is 371 g/mol. The van der Waals surface area contributed by atoms with Crippen LogP contribution in [0.3, 0.4) is 0 Å². The fourth-order valence-electron chi connectivity index (χ4n) is 3.53. The molecule has 9 heteroatoms. The van der Waals surface area contributed by atoms with Gasteiger partial charge < -0.3 is 24.1 Å². The first kappa shape index (κ1) is 17.7. The Kier molecular flexibility index (Phi) is 4.93. The van der Waals surface area contributed by atoms with Gasteiger partial charge in [0.25, 0.3) is 5.91 Å². The van der Waals surface area contributed by atoms with Crippen molar-refractivity contribution in [2.24, 2.45) is 0 Å². The predicted molar refractivity (Wildman–Crippen MR) is 101 cm³/mol. The lowest BCUT2D eigenvalue weighted by molar-refractivity contribution is 0.0744. The summed E-state index contributed by atoms with van der Waals surface area (Å²) in [7, 11) is 2.14. The maximum atomic E-state index is 12.6. The van der Waals surface area contributed by atoms with Gasteiger partial charge in [-0.2, -0.15) is 0 Å². The summed E-state index contributed by atoms with van der Waals surface area (Å²) in [6.07, 6.45) is 3.14. The molecule has 2 fully saturated rings. The van der Waals surface area contributed by atoms with Gasteiger partial charge in [-0.25, -0.2) is 9.97 Å². The van der Waals surface area contributed by atoms with Gasteiger partial charge in [0.15, 0.2) is 0 Å². The molecule has 2 aromatic rings. The Morgan fingerprint density at radius 3 is 2.11 bits per heavy atom. The topological polar surface area (TPSA) is 81.8 Å². The van der Waals surface area contributed by atoms with Gasteiger partial charge >= 0.3 is 0 Å². The zero-order valence-corrected chi connectivity index (χ0v) is 15.8. The van der Waals surface area contributed by atoms with Crippen LogP contribution < -0.4 is 9.80 Å². The van der Waals surface area contributed by atoms with Gasteiger partial charge in [0.2, 0.25) is 0 Å². The lowest BCUT2D eigenvalue weighted by Crippen LogP contribution is -2.49. The first-order valence-corrected chi connectivity index (χ1v) is 9.33. The summed E-state index contributed by atoms with van der Waals surface area (Å²) in [5.74, 6) is 2.45. The van der Waals surface area contributed by atoms with E-state index in [-0.39, 0.29) is 5.91 Å². The van der Waals surface area contributed by atoms with E-state index in [1.807, 2.05) is 4.90 Å². The molecule has 0 unspecified atom stereocenters. The molecule has 4 rings (SSSR count). The Balaban J connectivity index is 1.39. The van der Waals surface area contributed by atoms with Crippen LogP contribution in [0.4, 0.5) is 11.6 Å². The molecule has 0 saturated carbocycles. The van der Waals surface area contributed by atoms with Crippen molar-refractivity contribution in [3.63, 3.8) is 0 Å². The molecule has 0 radical (unpaired) electrons. The van der Waals surface area contributed by atoms with Crippen molar-refractivity contribution >= 4 is 17.5 Å². The van der Waals surface area contributed by atoms with Crippen LogP contribution in [-0.4, -0.2) is 90.2 Å². The van der Waals surface area contributed by atoms with E-state index in [4.69, 9.17) is 4.52 Å². The molecular formula is C18H25N7O2. The summed E-state index contributed by atoms with van der Waals surface area (Å²) in [4.78, 5) is 30.2. The maximum absolute atomic E-state index is 12.6. The number of carbonyl (C=O) groups is 1. The summed E-state index contributed by atoms with van der Waals surface area (Å²) >= 11 is 0. The third-order valence-electron chi connectivity index (χ3n) is 5.34. The van der Waals surface area contributed by atoms with Crippen molar-refractivity contribution in [1.29, 1.82) is 0 Å².